The molecule has 0 bridgehead atoms. The van der Waals surface area contributed by atoms with Crippen LogP contribution in [0.1, 0.15) is 230 Å². The van der Waals surface area contributed by atoms with Gasteiger partial charge in [0.2, 0.25) is 0 Å². The van der Waals surface area contributed by atoms with Crippen LogP contribution in [0, 0.1) is 13.8 Å². The Labute approximate surface area is 341 Å². The zero-order valence-corrected chi connectivity index (χ0v) is 37.0. The average molecular weight is 749 g/mol. The van der Waals surface area contributed by atoms with Gasteiger partial charge in [0.05, 0.1) is 11.2 Å². The third kappa shape index (κ3) is 13.9. The fraction of sp³-hybridized carbons (Fsp3) is 0.667. The summed E-state index contributed by atoms with van der Waals surface area (Å²) in [7, 11) is 0. The van der Waals surface area contributed by atoms with E-state index < -0.39 is 0 Å². The van der Waals surface area contributed by atoms with Crippen molar-refractivity contribution in [2.75, 3.05) is 0 Å². The van der Waals surface area contributed by atoms with E-state index in [4.69, 9.17) is 4.74 Å². The minimum atomic E-state index is -0.303. The fourth-order valence-electron chi connectivity index (χ4n) is 9.59. The Balaban J connectivity index is 1.87. The summed E-state index contributed by atoms with van der Waals surface area (Å²) in [5, 5.41) is 0. The number of aryl methyl sites for hydroxylation is 2. The zero-order chi connectivity index (χ0) is 39.2. The molecule has 0 aromatic heterocycles. The van der Waals surface area contributed by atoms with Crippen molar-refractivity contribution in [2.24, 2.45) is 0 Å². The van der Waals surface area contributed by atoms with Gasteiger partial charge in [0.25, 0.3) is 0 Å². The molecule has 0 amide bonds. The summed E-state index contributed by atoms with van der Waals surface area (Å²) in [6, 6.07) is 24.2. The number of ether oxygens (including phenoxy) is 1. The first-order chi connectivity index (χ1) is 26.9. The molecule has 1 nitrogen and oxygen atoms in total. The fourth-order valence-corrected chi connectivity index (χ4v) is 9.59. The second-order valence-corrected chi connectivity index (χ2v) is 17.8. The third-order valence-electron chi connectivity index (χ3n) is 13.0. The third-order valence-corrected chi connectivity index (χ3v) is 13.0. The summed E-state index contributed by atoms with van der Waals surface area (Å²) >= 11 is 0. The van der Waals surface area contributed by atoms with Gasteiger partial charge in [0, 0.05) is 0 Å². The Morgan fingerprint density at radius 2 is 0.673 bits per heavy atom. The molecule has 0 radical (unpaired) electrons. The highest BCUT2D eigenvalue weighted by Gasteiger charge is 2.48. The Morgan fingerprint density at radius 3 is 1.09 bits per heavy atom. The summed E-state index contributed by atoms with van der Waals surface area (Å²) in [5.41, 5.74) is 10.6. The van der Waals surface area contributed by atoms with Crippen molar-refractivity contribution in [1.29, 1.82) is 0 Å². The van der Waals surface area contributed by atoms with Gasteiger partial charge in [0.1, 0.15) is 0 Å². The van der Waals surface area contributed by atoms with Crippen LogP contribution in [-0.4, -0.2) is 0 Å². The Bertz CT molecular complexity index is 1430. The van der Waals surface area contributed by atoms with E-state index >= 15 is 0 Å². The summed E-state index contributed by atoms with van der Waals surface area (Å²) in [6.07, 6.45) is 36.3. The molecule has 55 heavy (non-hydrogen) atoms. The average Bonchev–Trinajstić information content (AvgIpc) is 3.28. The maximum absolute atomic E-state index is 8.42. The molecule has 0 saturated carbocycles. The molecule has 3 aromatic rings. The maximum Gasteiger partial charge on any atom is 0.0949 e. The quantitative estimate of drug-likeness (QED) is 0.0643. The van der Waals surface area contributed by atoms with Crippen molar-refractivity contribution in [2.45, 2.75) is 233 Å². The van der Waals surface area contributed by atoms with E-state index in [9.17, 15) is 0 Å². The molecule has 306 valence electrons. The van der Waals surface area contributed by atoms with Crippen LogP contribution in [0.2, 0.25) is 0 Å². The predicted molar refractivity (Wildman–Crippen MR) is 243 cm³/mol. The first kappa shape index (κ1) is 45.3. The summed E-state index contributed by atoms with van der Waals surface area (Å²) < 4.78 is 8.42. The van der Waals surface area contributed by atoms with Crippen LogP contribution >= 0.6 is 0 Å². The maximum atomic E-state index is 8.42. The highest BCUT2D eigenvalue weighted by Crippen LogP contribution is 2.55. The number of hydrogen-bond acceptors (Lipinski definition) is 1. The second-order valence-electron chi connectivity index (χ2n) is 17.8. The number of benzene rings is 3. The van der Waals surface area contributed by atoms with Crippen molar-refractivity contribution in [3.05, 3.63) is 82.9 Å². The van der Waals surface area contributed by atoms with Crippen molar-refractivity contribution in [3.63, 3.8) is 0 Å². The van der Waals surface area contributed by atoms with E-state index in [0.29, 0.717) is 0 Å². The highest BCUT2D eigenvalue weighted by molar-refractivity contribution is 5.78. The molecule has 0 spiro atoms. The second kappa shape index (κ2) is 25.1. The molecule has 1 heterocycles. The molecule has 0 N–H and O–H groups in total. The van der Waals surface area contributed by atoms with Crippen molar-refractivity contribution >= 4 is 0 Å². The van der Waals surface area contributed by atoms with Crippen LogP contribution in [0.25, 0.3) is 22.3 Å². The van der Waals surface area contributed by atoms with Crippen LogP contribution in [0.4, 0.5) is 0 Å². The van der Waals surface area contributed by atoms with Gasteiger partial charge < -0.3 is 4.74 Å². The molecule has 0 unspecified atom stereocenters. The minimum Gasteiger partial charge on any atom is -0.359 e. The molecule has 1 aliphatic heterocycles. The molecule has 3 aromatic carbocycles. The highest BCUT2D eigenvalue weighted by atomic mass is 16.5. The van der Waals surface area contributed by atoms with E-state index in [1.54, 1.807) is 0 Å². The van der Waals surface area contributed by atoms with Crippen molar-refractivity contribution in [1.82, 2.24) is 0 Å². The smallest absolute Gasteiger partial charge is 0.0949 e. The SMILES string of the molecule is CCCCCCCCC1(CCCCCCCC)OC(CCCCCCCC)(CCCCCCCC)c2cc(-c3ccc(C)cc3)ccc2-c2ccc(C)cc21. The topological polar surface area (TPSA) is 9.23 Å². The molecule has 1 heteroatoms. The zero-order valence-electron chi connectivity index (χ0n) is 37.0. The van der Waals surface area contributed by atoms with E-state index in [-0.39, 0.29) is 11.2 Å². The Kier molecular flexibility index (Phi) is 20.7. The summed E-state index contributed by atoms with van der Waals surface area (Å²) in [6.45, 7) is 13.9. The van der Waals surface area contributed by atoms with Gasteiger partial charge in [0.15, 0.2) is 0 Å². The predicted octanol–water partition coefficient (Wildman–Crippen LogP) is 18.1. The lowest BCUT2D eigenvalue weighted by Gasteiger charge is -2.45. The Hall–Kier alpha value is -2.38. The molecule has 0 saturated heterocycles. The van der Waals surface area contributed by atoms with E-state index in [0.717, 1.165) is 25.7 Å². The Morgan fingerprint density at radius 1 is 0.345 bits per heavy atom. The largest absolute Gasteiger partial charge is 0.359 e. The molecule has 1 aliphatic rings. The molecule has 0 aliphatic carbocycles. The number of hydrogen-bond donors (Lipinski definition) is 0. The van der Waals surface area contributed by atoms with E-state index in [1.165, 1.54) is 199 Å². The lowest BCUT2D eigenvalue weighted by molar-refractivity contribution is -0.185. The number of unbranched alkanes of at least 4 members (excludes halogenated alkanes) is 20. The summed E-state index contributed by atoms with van der Waals surface area (Å²) in [4.78, 5) is 0. The minimum absolute atomic E-state index is 0.273. The molecule has 4 rings (SSSR count). The van der Waals surface area contributed by atoms with Gasteiger partial charge >= 0.3 is 0 Å². The summed E-state index contributed by atoms with van der Waals surface area (Å²) in [5.74, 6) is 0. The van der Waals surface area contributed by atoms with Crippen LogP contribution in [0.5, 0.6) is 0 Å². The standard InChI is InChI=1S/C54H84O/c1-7-11-15-19-23-27-39-53(40-28-24-20-16-12-8-2)51-43-46(6)33-37-49(51)50-38-36-48(47-34-31-45(5)32-35-47)44-52(50)54(55-53,41-29-25-21-17-13-9-3)42-30-26-22-18-14-10-4/h31-38,43-44H,7-30,39-42H2,1-6H3. The lowest BCUT2D eigenvalue weighted by Crippen LogP contribution is -2.41. The molecule has 0 atom stereocenters. The van der Waals surface area contributed by atoms with Gasteiger partial charge in [-0.15, -0.1) is 0 Å². The van der Waals surface area contributed by atoms with E-state index in [2.05, 4.69) is 102 Å². The number of fused-ring (bicyclic) bond motifs is 3. The molecular formula is C54H84O. The van der Waals surface area contributed by atoms with Gasteiger partial charge in [-0.3, -0.25) is 0 Å². The molecular weight excluding hydrogens is 665 g/mol. The first-order valence-electron chi connectivity index (χ1n) is 23.9. The number of rotatable bonds is 29. The van der Waals surface area contributed by atoms with Crippen LogP contribution in [-0.2, 0) is 15.9 Å². The van der Waals surface area contributed by atoms with Gasteiger partial charge in [-0.05, 0) is 79.0 Å². The van der Waals surface area contributed by atoms with Crippen molar-refractivity contribution in [3.8, 4) is 22.3 Å². The van der Waals surface area contributed by atoms with Crippen LogP contribution < -0.4 is 0 Å². The van der Waals surface area contributed by atoms with Gasteiger partial charge in [-0.25, -0.2) is 0 Å². The monoisotopic (exact) mass is 749 g/mol. The molecule has 0 fully saturated rings. The first-order valence-corrected chi connectivity index (χ1v) is 23.9. The van der Waals surface area contributed by atoms with Crippen molar-refractivity contribution < 1.29 is 4.74 Å². The van der Waals surface area contributed by atoms with Gasteiger partial charge in [-0.1, -0.05) is 248 Å². The van der Waals surface area contributed by atoms with Crippen LogP contribution in [0.15, 0.2) is 60.7 Å². The normalized spacial score (nSPS) is 14.4. The van der Waals surface area contributed by atoms with E-state index in [1.807, 2.05) is 0 Å². The lowest BCUT2D eigenvalue weighted by atomic mass is 9.78. The van der Waals surface area contributed by atoms with Crippen LogP contribution in [0.3, 0.4) is 0 Å². The van der Waals surface area contributed by atoms with Gasteiger partial charge in [-0.2, -0.15) is 0 Å².